The van der Waals surface area contributed by atoms with Crippen molar-refractivity contribution in [2.75, 3.05) is 0 Å². The molecule has 1 aliphatic carbocycles. The monoisotopic (exact) mass is 332 g/mol. The number of aromatic amines is 1. The van der Waals surface area contributed by atoms with Crippen molar-refractivity contribution in [2.24, 2.45) is 5.92 Å². The van der Waals surface area contributed by atoms with Crippen LogP contribution in [0.4, 0.5) is 0 Å². The molecule has 130 valence electrons. The van der Waals surface area contributed by atoms with Gasteiger partial charge < -0.3 is 10.1 Å². The van der Waals surface area contributed by atoms with Crippen molar-refractivity contribution in [1.82, 2.24) is 19.7 Å². The lowest BCUT2D eigenvalue weighted by Crippen LogP contribution is -2.23. The molecule has 2 aromatic rings. The fourth-order valence-corrected chi connectivity index (χ4v) is 3.66. The van der Waals surface area contributed by atoms with E-state index >= 15 is 0 Å². The molecule has 0 spiro atoms. The Kier molecular flexibility index (Phi) is 4.69. The molecule has 2 N–H and O–H groups in total. The molecule has 1 saturated carbocycles. The van der Waals surface area contributed by atoms with E-state index in [0.717, 1.165) is 25.7 Å². The first-order chi connectivity index (χ1) is 11.5. The van der Waals surface area contributed by atoms with Gasteiger partial charge in [0, 0.05) is 5.92 Å². The van der Waals surface area contributed by atoms with E-state index in [0.29, 0.717) is 29.7 Å². The second-order valence-corrected chi connectivity index (χ2v) is 6.63. The molecule has 0 radical (unpaired) electrons. The molecule has 1 aliphatic rings. The Hall–Kier alpha value is -2.18. The zero-order chi connectivity index (χ0) is 17.3. The number of nitrogens with one attached hydrogen (secondary N) is 1. The predicted octanol–water partition coefficient (Wildman–Crippen LogP) is 2.84. The fourth-order valence-electron chi connectivity index (χ4n) is 3.66. The third kappa shape index (κ3) is 2.95. The minimum absolute atomic E-state index is 0.114. The normalized spacial score (nSPS) is 21.5. The number of H-pyrrole nitrogens is 1. The van der Waals surface area contributed by atoms with Gasteiger partial charge in [-0.15, -0.1) is 0 Å². The van der Waals surface area contributed by atoms with Crippen LogP contribution in [-0.4, -0.2) is 30.8 Å². The van der Waals surface area contributed by atoms with Crippen LogP contribution in [0.1, 0.15) is 70.2 Å². The molecule has 0 saturated heterocycles. The maximum absolute atomic E-state index is 12.4. The molecule has 1 fully saturated rings. The lowest BCUT2D eigenvalue weighted by Gasteiger charge is -2.25. The second kappa shape index (κ2) is 6.75. The van der Waals surface area contributed by atoms with E-state index in [9.17, 15) is 9.59 Å². The first-order valence-corrected chi connectivity index (χ1v) is 8.75. The van der Waals surface area contributed by atoms with Gasteiger partial charge in [-0.2, -0.15) is 5.10 Å². The molecule has 7 heteroatoms. The SMILES string of the molecule is CCC(CC)n1ncc2c(=O)[nH]c(C3CCC(C(=O)O)CC3)nc21. The van der Waals surface area contributed by atoms with Gasteiger partial charge in [0.05, 0.1) is 18.2 Å². The average molecular weight is 332 g/mol. The first-order valence-electron chi connectivity index (χ1n) is 8.75. The standard InChI is InChI=1S/C17H24N4O3/c1-3-12(4-2)21-15-13(9-18-21)16(22)20-14(19-15)10-5-7-11(8-6-10)17(23)24/h9-12H,3-8H2,1-2H3,(H,23,24)(H,19,20,22). The molecule has 0 atom stereocenters. The lowest BCUT2D eigenvalue weighted by atomic mass is 9.81. The molecule has 24 heavy (non-hydrogen) atoms. The second-order valence-electron chi connectivity index (χ2n) is 6.63. The molecule has 0 amide bonds. The minimum atomic E-state index is -0.725. The Morgan fingerprint density at radius 2 is 2.00 bits per heavy atom. The van der Waals surface area contributed by atoms with Crippen LogP contribution in [0, 0.1) is 5.92 Å². The molecule has 7 nitrogen and oxygen atoms in total. The van der Waals surface area contributed by atoms with Crippen LogP contribution in [0.15, 0.2) is 11.0 Å². The summed E-state index contributed by atoms with van der Waals surface area (Å²) in [6.07, 6.45) is 6.20. The van der Waals surface area contributed by atoms with Gasteiger partial charge in [-0.05, 0) is 38.5 Å². The molecule has 3 rings (SSSR count). The molecule has 2 heterocycles. The van der Waals surface area contributed by atoms with Gasteiger partial charge in [0.25, 0.3) is 5.56 Å². The Bertz CT molecular complexity index is 783. The fraction of sp³-hybridized carbons (Fsp3) is 0.647. The van der Waals surface area contributed by atoms with Crippen LogP contribution in [-0.2, 0) is 4.79 Å². The van der Waals surface area contributed by atoms with Gasteiger partial charge in [-0.25, -0.2) is 9.67 Å². The van der Waals surface area contributed by atoms with Gasteiger partial charge in [-0.3, -0.25) is 9.59 Å². The average Bonchev–Trinajstić information content (AvgIpc) is 3.01. The number of aromatic nitrogens is 4. The van der Waals surface area contributed by atoms with Crippen molar-refractivity contribution < 1.29 is 9.90 Å². The topological polar surface area (TPSA) is 101 Å². The highest BCUT2D eigenvalue weighted by Gasteiger charge is 2.28. The first kappa shape index (κ1) is 16.7. The highest BCUT2D eigenvalue weighted by Crippen LogP contribution is 2.34. The van der Waals surface area contributed by atoms with E-state index in [2.05, 4.69) is 23.9 Å². The summed E-state index contributed by atoms with van der Waals surface area (Å²) in [5.41, 5.74) is 0.482. The van der Waals surface area contributed by atoms with Gasteiger partial charge in [0.15, 0.2) is 5.65 Å². The number of hydrogen-bond donors (Lipinski definition) is 2. The number of fused-ring (bicyclic) bond motifs is 1. The van der Waals surface area contributed by atoms with E-state index in [1.54, 1.807) is 6.20 Å². The molecule has 2 aromatic heterocycles. The smallest absolute Gasteiger partial charge is 0.306 e. The number of rotatable bonds is 5. The summed E-state index contributed by atoms with van der Waals surface area (Å²) in [6, 6.07) is 0.229. The molecule has 0 aromatic carbocycles. The Balaban J connectivity index is 1.94. The van der Waals surface area contributed by atoms with E-state index in [4.69, 9.17) is 10.1 Å². The summed E-state index contributed by atoms with van der Waals surface area (Å²) in [5.74, 6) is -0.212. The van der Waals surface area contributed by atoms with Gasteiger partial charge in [-0.1, -0.05) is 13.8 Å². The van der Waals surface area contributed by atoms with Crippen molar-refractivity contribution in [1.29, 1.82) is 0 Å². The van der Waals surface area contributed by atoms with Crippen molar-refractivity contribution in [3.05, 3.63) is 22.4 Å². The largest absolute Gasteiger partial charge is 0.481 e. The third-order valence-corrected chi connectivity index (χ3v) is 5.23. The quantitative estimate of drug-likeness (QED) is 0.877. The summed E-state index contributed by atoms with van der Waals surface area (Å²) >= 11 is 0. The van der Waals surface area contributed by atoms with E-state index < -0.39 is 5.97 Å². The molecular weight excluding hydrogens is 308 g/mol. The number of carboxylic acids is 1. The van der Waals surface area contributed by atoms with Crippen LogP contribution >= 0.6 is 0 Å². The number of carboxylic acid groups (broad SMARTS) is 1. The van der Waals surface area contributed by atoms with Gasteiger partial charge in [0.2, 0.25) is 0 Å². The van der Waals surface area contributed by atoms with Crippen LogP contribution < -0.4 is 5.56 Å². The summed E-state index contributed by atoms with van der Waals surface area (Å²) in [4.78, 5) is 31.1. The number of nitrogens with zero attached hydrogens (tertiary/aromatic N) is 3. The minimum Gasteiger partial charge on any atom is -0.481 e. The molecular formula is C17H24N4O3. The summed E-state index contributed by atoms with van der Waals surface area (Å²) in [6.45, 7) is 4.20. The highest BCUT2D eigenvalue weighted by molar-refractivity contribution is 5.73. The Morgan fingerprint density at radius 3 is 2.58 bits per heavy atom. The lowest BCUT2D eigenvalue weighted by molar-refractivity contribution is -0.142. The van der Waals surface area contributed by atoms with Crippen LogP contribution in [0.5, 0.6) is 0 Å². The van der Waals surface area contributed by atoms with Crippen molar-refractivity contribution in [3.63, 3.8) is 0 Å². The summed E-state index contributed by atoms with van der Waals surface area (Å²) < 4.78 is 1.86. The number of carbonyl (C=O) groups is 1. The van der Waals surface area contributed by atoms with E-state index in [-0.39, 0.29) is 23.4 Å². The van der Waals surface area contributed by atoms with Crippen molar-refractivity contribution in [2.45, 2.75) is 64.3 Å². The predicted molar refractivity (Wildman–Crippen MR) is 90.1 cm³/mol. The van der Waals surface area contributed by atoms with Crippen LogP contribution in [0.25, 0.3) is 11.0 Å². The molecule has 0 aliphatic heterocycles. The van der Waals surface area contributed by atoms with E-state index in [1.807, 2.05) is 4.68 Å². The van der Waals surface area contributed by atoms with Crippen molar-refractivity contribution in [3.8, 4) is 0 Å². The summed E-state index contributed by atoms with van der Waals surface area (Å²) in [7, 11) is 0. The Morgan fingerprint density at radius 1 is 1.33 bits per heavy atom. The van der Waals surface area contributed by atoms with E-state index in [1.165, 1.54) is 0 Å². The number of aliphatic carboxylic acids is 1. The summed E-state index contributed by atoms with van der Waals surface area (Å²) in [5, 5.41) is 14.0. The maximum Gasteiger partial charge on any atom is 0.306 e. The third-order valence-electron chi connectivity index (χ3n) is 5.23. The van der Waals surface area contributed by atoms with Gasteiger partial charge >= 0.3 is 5.97 Å². The highest BCUT2D eigenvalue weighted by atomic mass is 16.4. The molecule has 0 bridgehead atoms. The maximum atomic E-state index is 12.4. The number of hydrogen-bond acceptors (Lipinski definition) is 4. The zero-order valence-corrected chi connectivity index (χ0v) is 14.2. The van der Waals surface area contributed by atoms with Crippen LogP contribution in [0.3, 0.4) is 0 Å². The molecule has 0 unspecified atom stereocenters. The zero-order valence-electron chi connectivity index (χ0n) is 14.2. The van der Waals surface area contributed by atoms with Gasteiger partial charge in [0.1, 0.15) is 11.2 Å². The van der Waals surface area contributed by atoms with Crippen LogP contribution in [0.2, 0.25) is 0 Å². The Labute approximate surface area is 140 Å². The van der Waals surface area contributed by atoms with Crippen molar-refractivity contribution >= 4 is 17.0 Å².